The molecule has 118 valence electrons. The van der Waals surface area contributed by atoms with Gasteiger partial charge in [0.2, 0.25) is 0 Å². The molecule has 0 aliphatic carbocycles. The van der Waals surface area contributed by atoms with E-state index in [9.17, 15) is 4.79 Å². The van der Waals surface area contributed by atoms with E-state index in [1.165, 1.54) is 14.2 Å². The first-order valence-corrected chi connectivity index (χ1v) is 7.18. The van der Waals surface area contributed by atoms with Crippen molar-refractivity contribution in [1.82, 2.24) is 4.74 Å². The number of methoxy groups -OCH3 is 1. The summed E-state index contributed by atoms with van der Waals surface area (Å²) in [5.41, 5.74) is 2.61. The second-order valence-corrected chi connectivity index (χ2v) is 5.16. The fraction of sp³-hybridized carbons (Fsp3) is 0.167. The van der Waals surface area contributed by atoms with Crippen molar-refractivity contribution in [2.45, 2.75) is 6.92 Å². The van der Waals surface area contributed by atoms with Gasteiger partial charge in [0.05, 0.1) is 7.11 Å². The van der Waals surface area contributed by atoms with Crippen LogP contribution in [0.5, 0.6) is 17.4 Å². The van der Waals surface area contributed by atoms with Crippen LogP contribution in [-0.2, 0) is 7.05 Å². The van der Waals surface area contributed by atoms with Crippen LogP contribution in [0.2, 0.25) is 0 Å². The molecule has 0 bridgehead atoms. The van der Waals surface area contributed by atoms with Crippen LogP contribution in [0.4, 0.5) is 0 Å². The molecule has 0 spiro atoms. The van der Waals surface area contributed by atoms with Gasteiger partial charge in [0, 0.05) is 7.05 Å². The molecule has 23 heavy (non-hydrogen) atoms. The highest BCUT2D eigenvalue weighted by molar-refractivity contribution is 5.66. The first-order valence-electron chi connectivity index (χ1n) is 7.18. The summed E-state index contributed by atoms with van der Waals surface area (Å²) in [5.74, 6) is 0.688. The standard InChI is InChI=1S/C18H17NO4/c1-12-9-10-14(13-7-5-4-6-8-13)11-15(12)22-16-17(20)19(2)23-18(16)21-3/h4-11H,1-3H3. The van der Waals surface area contributed by atoms with Crippen LogP contribution < -0.4 is 15.0 Å². The number of aryl methyl sites for hydroxylation is 2. The number of benzene rings is 2. The Morgan fingerprint density at radius 3 is 2.48 bits per heavy atom. The summed E-state index contributed by atoms with van der Waals surface area (Å²) in [5, 5.41) is 0. The monoisotopic (exact) mass is 311 g/mol. The highest BCUT2D eigenvalue weighted by atomic mass is 16.7. The summed E-state index contributed by atoms with van der Waals surface area (Å²) in [4.78, 5) is 12.1. The minimum absolute atomic E-state index is 0.0447. The summed E-state index contributed by atoms with van der Waals surface area (Å²) in [7, 11) is 2.93. The van der Waals surface area contributed by atoms with Crippen molar-refractivity contribution < 1.29 is 14.0 Å². The van der Waals surface area contributed by atoms with Gasteiger partial charge in [-0.2, -0.15) is 4.74 Å². The van der Waals surface area contributed by atoms with Crippen LogP contribution in [0.1, 0.15) is 5.56 Å². The summed E-state index contributed by atoms with van der Waals surface area (Å²) < 4.78 is 17.1. The molecule has 1 heterocycles. The summed E-state index contributed by atoms with van der Waals surface area (Å²) in [6.45, 7) is 1.92. The first-order chi connectivity index (χ1) is 11.1. The van der Waals surface area contributed by atoms with Gasteiger partial charge in [-0.1, -0.05) is 42.5 Å². The molecule has 0 N–H and O–H groups in total. The quantitative estimate of drug-likeness (QED) is 0.736. The lowest BCUT2D eigenvalue weighted by Gasteiger charge is -2.09. The smallest absolute Gasteiger partial charge is 0.356 e. The number of nitrogens with zero attached hydrogens (tertiary/aromatic N) is 1. The average Bonchev–Trinajstić information content (AvgIpc) is 2.85. The van der Waals surface area contributed by atoms with Gasteiger partial charge < -0.3 is 14.0 Å². The van der Waals surface area contributed by atoms with Gasteiger partial charge >= 0.3 is 11.5 Å². The maximum Gasteiger partial charge on any atom is 0.356 e. The molecule has 3 rings (SSSR count). The summed E-state index contributed by atoms with van der Waals surface area (Å²) >= 11 is 0. The molecular weight excluding hydrogens is 294 g/mol. The van der Waals surface area contributed by atoms with Crippen LogP contribution in [-0.4, -0.2) is 11.8 Å². The molecule has 0 amide bonds. The second-order valence-electron chi connectivity index (χ2n) is 5.16. The molecule has 1 aromatic heterocycles. The molecule has 0 fully saturated rings. The van der Waals surface area contributed by atoms with Gasteiger partial charge in [-0.3, -0.25) is 4.79 Å². The zero-order chi connectivity index (χ0) is 16.4. The Hall–Kier alpha value is -2.95. The van der Waals surface area contributed by atoms with E-state index in [0.29, 0.717) is 5.75 Å². The third kappa shape index (κ3) is 2.85. The Morgan fingerprint density at radius 2 is 1.78 bits per heavy atom. The molecule has 0 aliphatic rings. The minimum atomic E-state index is -0.383. The lowest BCUT2D eigenvalue weighted by Crippen LogP contribution is -2.11. The first kappa shape index (κ1) is 15.0. The molecule has 0 saturated heterocycles. The van der Waals surface area contributed by atoms with Crippen LogP contribution in [0.3, 0.4) is 0 Å². The van der Waals surface area contributed by atoms with Gasteiger partial charge in [0.1, 0.15) is 5.75 Å². The van der Waals surface area contributed by atoms with Crippen molar-refractivity contribution in [2.24, 2.45) is 7.05 Å². The molecular formula is C18H17NO4. The predicted octanol–water partition coefficient (Wildman–Crippen LogP) is 3.75. The Bertz CT molecular complexity index is 878. The summed E-state index contributed by atoms with van der Waals surface area (Å²) in [6, 6.07) is 15.8. The largest absolute Gasteiger partial charge is 0.464 e. The van der Waals surface area contributed by atoms with Gasteiger partial charge in [0.25, 0.3) is 5.75 Å². The van der Waals surface area contributed by atoms with Crippen molar-refractivity contribution in [3.63, 3.8) is 0 Å². The number of hydrogen-bond acceptors (Lipinski definition) is 4. The van der Waals surface area contributed by atoms with Gasteiger partial charge in [-0.25, -0.2) is 0 Å². The molecule has 0 saturated carbocycles. The zero-order valence-electron chi connectivity index (χ0n) is 13.2. The van der Waals surface area contributed by atoms with Crippen molar-refractivity contribution in [3.05, 3.63) is 64.4 Å². The highest BCUT2D eigenvalue weighted by Crippen LogP contribution is 2.33. The lowest BCUT2D eigenvalue weighted by atomic mass is 10.0. The second kappa shape index (κ2) is 6.04. The Morgan fingerprint density at radius 1 is 1.04 bits per heavy atom. The maximum atomic E-state index is 12.1. The zero-order valence-corrected chi connectivity index (χ0v) is 13.2. The molecule has 0 aliphatic heterocycles. The van der Waals surface area contributed by atoms with Gasteiger partial charge in [-0.15, -0.1) is 0 Å². The minimum Gasteiger partial charge on any atom is -0.464 e. The topological polar surface area (TPSA) is 53.6 Å². The number of hydrogen-bond donors (Lipinski definition) is 0. The van der Waals surface area contributed by atoms with Crippen LogP contribution >= 0.6 is 0 Å². The van der Waals surface area contributed by atoms with Crippen molar-refractivity contribution >= 4 is 0 Å². The fourth-order valence-electron chi connectivity index (χ4n) is 2.28. The molecule has 5 heteroatoms. The Labute approximate surface area is 133 Å². The van der Waals surface area contributed by atoms with E-state index >= 15 is 0 Å². The van der Waals surface area contributed by atoms with E-state index in [-0.39, 0.29) is 17.3 Å². The predicted molar refractivity (Wildman–Crippen MR) is 87.2 cm³/mol. The van der Waals surface area contributed by atoms with Crippen molar-refractivity contribution in [3.8, 4) is 28.6 Å². The van der Waals surface area contributed by atoms with E-state index in [1.807, 2.05) is 55.5 Å². The third-order valence-electron chi connectivity index (χ3n) is 3.58. The van der Waals surface area contributed by atoms with E-state index in [0.717, 1.165) is 21.4 Å². The van der Waals surface area contributed by atoms with Gasteiger partial charge in [-0.05, 0) is 29.7 Å². The number of aromatic nitrogens is 1. The van der Waals surface area contributed by atoms with Crippen molar-refractivity contribution in [2.75, 3.05) is 7.11 Å². The molecule has 5 nitrogen and oxygen atoms in total. The molecule has 0 atom stereocenters. The Balaban J connectivity index is 2.03. The average molecular weight is 311 g/mol. The molecule has 3 aromatic rings. The van der Waals surface area contributed by atoms with Gasteiger partial charge in [0.15, 0.2) is 0 Å². The number of rotatable bonds is 4. The molecule has 0 unspecified atom stereocenters. The van der Waals surface area contributed by atoms with Crippen molar-refractivity contribution in [1.29, 1.82) is 0 Å². The maximum absolute atomic E-state index is 12.1. The van der Waals surface area contributed by atoms with Crippen LogP contribution in [0, 0.1) is 6.92 Å². The van der Waals surface area contributed by atoms with E-state index in [4.69, 9.17) is 14.0 Å². The number of ether oxygens (including phenoxy) is 2. The SMILES string of the molecule is COc1on(C)c(=O)c1Oc1cc(-c2ccccc2)ccc1C. The third-order valence-corrected chi connectivity index (χ3v) is 3.58. The Kier molecular flexibility index (Phi) is 3.93. The summed E-state index contributed by atoms with van der Waals surface area (Å²) in [6.07, 6.45) is 0. The lowest BCUT2D eigenvalue weighted by molar-refractivity contribution is 0.204. The fourth-order valence-corrected chi connectivity index (χ4v) is 2.28. The molecule has 2 aromatic carbocycles. The normalized spacial score (nSPS) is 10.6. The van der Waals surface area contributed by atoms with Crippen LogP contribution in [0.15, 0.2) is 57.8 Å². The van der Waals surface area contributed by atoms with E-state index < -0.39 is 0 Å². The molecule has 0 radical (unpaired) electrons. The van der Waals surface area contributed by atoms with E-state index in [2.05, 4.69) is 0 Å². The van der Waals surface area contributed by atoms with E-state index in [1.54, 1.807) is 0 Å². The highest BCUT2D eigenvalue weighted by Gasteiger charge is 2.19. The van der Waals surface area contributed by atoms with Crippen LogP contribution in [0.25, 0.3) is 11.1 Å².